The Bertz CT molecular complexity index is 584. The van der Waals surface area contributed by atoms with Crippen LogP contribution in [0.3, 0.4) is 0 Å². The van der Waals surface area contributed by atoms with Gasteiger partial charge in [0.1, 0.15) is 5.75 Å². The Morgan fingerprint density at radius 2 is 1.81 bits per heavy atom. The summed E-state index contributed by atoms with van der Waals surface area (Å²) in [6.07, 6.45) is 0. The topological polar surface area (TPSA) is 38.3 Å². The van der Waals surface area contributed by atoms with Gasteiger partial charge < -0.3 is 10.1 Å². The number of hydrogen-bond donors (Lipinski definition) is 1. The largest absolute Gasteiger partial charge is 0.494 e. The fourth-order valence-corrected chi connectivity index (χ4v) is 2.50. The second-order valence-corrected chi connectivity index (χ2v) is 5.73. The number of carbonyl (C=O) groups is 1. The number of thioether (sulfide) groups is 1. The van der Waals surface area contributed by atoms with Gasteiger partial charge in [0.2, 0.25) is 5.91 Å². The minimum absolute atomic E-state index is 0.0425. The van der Waals surface area contributed by atoms with Crippen LogP contribution in [-0.2, 0) is 4.79 Å². The van der Waals surface area contributed by atoms with Crippen LogP contribution in [0, 0.1) is 0 Å². The number of hydrogen-bond acceptors (Lipinski definition) is 3. The summed E-state index contributed by atoms with van der Waals surface area (Å²) in [7, 11) is 0. The molecule has 0 bridgehead atoms. The lowest BCUT2D eigenvalue weighted by atomic mass is 10.3. The van der Waals surface area contributed by atoms with E-state index in [1.165, 1.54) is 11.8 Å². The molecule has 0 heterocycles. The minimum Gasteiger partial charge on any atom is -0.494 e. The first kappa shape index (κ1) is 15.7. The number of amides is 1. The highest BCUT2D eigenvalue weighted by Crippen LogP contribution is 2.21. The smallest absolute Gasteiger partial charge is 0.234 e. The number of ether oxygens (including phenoxy) is 1. The molecule has 21 heavy (non-hydrogen) atoms. The van der Waals surface area contributed by atoms with Crippen LogP contribution in [0.4, 0.5) is 5.69 Å². The van der Waals surface area contributed by atoms with Crippen LogP contribution in [-0.4, -0.2) is 18.3 Å². The van der Waals surface area contributed by atoms with Crippen molar-refractivity contribution in [1.29, 1.82) is 0 Å². The van der Waals surface area contributed by atoms with Crippen LogP contribution in [0.2, 0.25) is 5.02 Å². The quantitative estimate of drug-likeness (QED) is 0.798. The van der Waals surface area contributed by atoms with E-state index in [0.717, 1.165) is 16.3 Å². The molecule has 0 saturated carbocycles. The molecule has 0 spiro atoms. The van der Waals surface area contributed by atoms with E-state index in [9.17, 15) is 4.79 Å². The average molecular weight is 322 g/mol. The van der Waals surface area contributed by atoms with Gasteiger partial charge in [-0.3, -0.25) is 4.79 Å². The molecule has 2 aromatic carbocycles. The molecule has 2 aromatic rings. The number of rotatable bonds is 6. The summed E-state index contributed by atoms with van der Waals surface area (Å²) < 4.78 is 5.35. The maximum absolute atomic E-state index is 11.9. The lowest BCUT2D eigenvalue weighted by molar-refractivity contribution is -0.113. The average Bonchev–Trinajstić information content (AvgIpc) is 2.49. The van der Waals surface area contributed by atoms with Crippen LogP contribution in [0.5, 0.6) is 5.75 Å². The molecule has 0 aliphatic carbocycles. The van der Waals surface area contributed by atoms with Gasteiger partial charge in [0, 0.05) is 15.6 Å². The molecule has 1 amide bonds. The second kappa shape index (κ2) is 7.96. The monoisotopic (exact) mass is 321 g/mol. The highest BCUT2D eigenvalue weighted by molar-refractivity contribution is 8.00. The summed E-state index contributed by atoms with van der Waals surface area (Å²) in [5.41, 5.74) is 0.764. The standard InChI is InChI=1S/C16H16ClNO2S/c1-2-20-14-7-5-13(6-8-14)18-16(19)11-21-15-9-3-12(17)4-10-15/h3-10H,2,11H2,1H3,(H,18,19). The van der Waals surface area contributed by atoms with Crippen molar-refractivity contribution >= 4 is 35.0 Å². The van der Waals surface area contributed by atoms with Gasteiger partial charge in [-0.25, -0.2) is 0 Å². The molecule has 0 fully saturated rings. The molecule has 0 aliphatic heterocycles. The van der Waals surface area contributed by atoms with Gasteiger partial charge in [0.15, 0.2) is 0 Å². The first-order valence-corrected chi connectivity index (χ1v) is 7.95. The van der Waals surface area contributed by atoms with Crippen molar-refractivity contribution in [1.82, 2.24) is 0 Å². The van der Waals surface area contributed by atoms with Crippen LogP contribution in [0.1, 0.15) is 6.92 Å². The summed E-state index contributed by atoms with van der Waals surface area (Å²) in [5.74, 6) is 1.11. The molecular formula is C16H16ClNO2S. The Labute approximate surface area is 133 Å². The maximum atomic E-state index is 11.9. The Morgan fingerprint density at radius 3 is 2.43 bits per heavy atom. The molecule has 0 unspecified atom stereocenters. The highest BCUT2D eigenvalue weighted by atomic mass is 35.5. The van der Waals surface area contributed by atoms with Gasteiger partial charge in [0.05, 0.1) is 12.4 Å². The normalized spacial score (nSPS) is 10.2. The third-order valence-corrected chi connectivity index (χ3v) is 3.90. The summed E-state index contributed by atoms with van der Waals surface area (Å²) in [6, 6.07) is 14.8. The van der Waals surface area contributed by atoms with E-state index in [4.69, 9.17) is 16.3 Å². The van der Waals surface area contributed by atoms with Crippen molar-refractivity contribution in [2.45, 2.75) is 11.8 Å². The first-order chi connectivity index (χ1) is 10.2. The Balaban J connectivity index is 1.82. The predicted octanol–water partition coefficient (Wildman–Crippen LogP) is 4.47. The molecule has 0 atom stereocenters. The third-order valence-electron chi connectivity index (χ3n) is 2.63. The lowest BCUT2D eigenvalue weighted by Gasteiger charge is -2.07. The van der Waals surface area contributed by atoms with Crippen molar-refractivity contribution in [3.63, 3.8) is 0 Å². The van der Waals surface area contributed by atoms with Crippen LogP contribution in [0.25, 0.3) is 0 Å². The molecule has 0 aliphatic rings. The molecule has 0 radical (unpaired) electrons. The predicted molar refractivity (Wildman–Crippen MR) is 88.4 cm³/mol. The van der Waals surface area contributed by atoms with Crippen LogP contribution >= 0.6 is 23.4 Å². The van der Waals surface area contributed by atoms with Crippen molar-refractivity contribution in [2.75, 3.05) is 17.7 Å². The van der Waals surface area contributed by atoms with Crippen LogP contribution in [0.15, 0.2) is 53.4 Å². The maximum Gasteiger partial charge on any atom is 0.234 e. The highest BCUT2D eigenvalue weighted by Gasteiger charge is 2.04. The summed E-state index contributed by atoms with van der Waals surface area (Å²) in [6.45, 7) is 2.56. The van der Waals surface area contributed by atoms with Gasteiger partial charge >= 0.3 is 0 Å². The summed E-state index contributed by atoms with van der Waals surface area (Å²) in [4.78, 5) is 12.9. The summed E-state index contributed by atoms with van der Waals surface area (Å²) in [5, 5.41) is 3.54. The van der Waals surface area contributed by atoms with Gasteiger partial charge in [0.25, 0.3) is 0 Å². The number of carbonyl (C=O) groups excluding carboxylic acids is 1. The zero-order valence-electron chi connectivity index (χ0n) is 11.6. The van der Waals surface area contributed by atoms with Crippen molar-refractivity contribution in [2.24, 2.45) is 0 Å². The van der Waals surface area contributed by atoms with Crippen molar-refractivity contribution in [3.05, 3.63) is 53.6 Å². The third kappa shape index (κ3) is 5.33. The lowest BCUT2D eigenvalue weighted by Crippen LogP contribution is -2.13. The Hall–Kier alpha value is -1.65. The van der Waals surface area contributed by atoms with E-state index in [1.807, 2.05) is 55.5 Å². The van der Waals surface area contributed by atoms with E-state index in [1.54, 1.807) is 0 Å². The molecule has 1 N–H and O–H groups in total. The van der Waals surface area contributed by atoms with E-state index < -0.39 is 0 Å². The van der Waals surface area contributed by atoms with Gasteiger partial charge in [-0.15, -0.1) is 11.8 Å². The van der Waals surface area contributed by atoms with E-state index in [0.29, 0.717) is 17.4 Å². The minimum atomic E-state index is -0.0425. The summed E-state index contributed by atoms with van der Waals surface area (Å²) >= 11 is 7.29. The Morgan fingerprint density at radius 1 is 1.14 bits per heavy atom. The van der Waals surface area contributed by atoms with Gasteiger partial charge in [-0.1, -0.05) is 11.6 Å². The Kier molecular flexibility index (Phi) is 5.96. The molecule has 0 aromatic heterocycles. The van der Waals surface area contributed by atoms with E-state index in [-0.39, 0.29) is 5.91 Å². The SMILES string of the molecule is CCOc1ccc(NC(=O)CSc2ccc(Cl)cc2)cc1. The van der Waals surface area contributed by atoms with Crippen LogP contribution < -0.4 is 10.1 Å². The molecular weight excluding hydrogens is 306 g/mol. The van der Waals surface area contributed by atoms with E-state index >= 15 is 0 Å². The van der Waals surface area contributed by atoms with Crippen molar-refractivity contribution in [3.8, 4) is 5.75 Å². The fraction of sp³-hybridized carbons (Fsp3) is 0.188. The first-order valence-electron chi connectivity index (χ1n) is 6.58. The molecule has 5 heteroatoms. The molecule has 0 saturated heterocycles. The number of nitrogens with one attached hydrogen (secondary N) is 1. The second-order valence-electron chi connectivity index (χ2n) is 4.25. The molecule has 110 valence electrons. The number of halogens is 1. The molecule has 3 nitrogen and oxygen atoms in total. The van der Waals surface area contributed by atoms with Crippen molar-refractivity contribution < 1.29 is 9.53 Å². The zero-order valence-corrected chi connectivity index (χ0v) is 13.2. The fourth-order valence-electron chi connectivity index (χ4n) is 1.68. The van der Waals surface area contributed by atoms with Gasteiger partial charge in [-0.2, -0.15) is 0 Å². The molecule has 2 rings (SSSR count). The van der Waals surface area contributed by atoms with E-state index in [2.05, 4.69) is 5.32 Å². The zero-order chi connectivity index (χ0) is 15.1. The number of benzene rings is 2. The number of anilines is 1. The van der Waals surface area contributed by atoms with Gasteiger partial charge in [-0.05, 0) is 55.5 Å².